The molecule has 1 aliphatic rings. The average Bonchev–Trinajstić information content (AvgIpc) is 2.42. The molecule has 1 aliphatic heterocycles. The van der Waals surface area contributed by atoms with Gasteiger partial charge in [-0.05, 0) is 63.0 Å². The van der Waals surface area contributed by atoms with Crippen LogP contribution in [0.15, 0.2) is 18.2 Å². The maximum Gasteiger partial charge on any atom is 0.122 e. The number of piperidine rings is 1. The van der Waals surface area contributed by atoms with Crippen LogP contribution in [-0.4, -0.2) is 37.2 Å². The molecule has 0 radical (unpaired) electrons. The Morgan fingerprint density at radius 2 is 2.05 bits per heavy atom. The van der Waals surface area contributed by atoms with Gasteiger partial charge in [0.15, 0.2) is 0 Å². The summed E-state index contributed by atoms with van der Waals surface area (Å²) in [4.78, 5) is 2.48. The number of halogens is 1. The number of hydrogen-bond donors (Lipinski definition) is 1. The van der Waals surface area contributed by atoms with Crippen molar-refractivity contribution >= 4 is 11.6 Å². The average molecular weight is 297 g/mol. The van der Waals surface area contributed by atoms with E-state index in [4.69, 9.17) is 22.1 Å². The van der Waals surface area contributed by atoms with E-state index < -0.39 is 0 Å². The van der Waals surface area contributed by atoms with Gasteiger partial charge >= 0.3 is 0 Å². The van der Waals surface area contributed by atoms with Crippen molar-refractivity contribution in [2.75, 3.05) is 26.2 Å². The van der Waals surface area contributed by atoms with E-state index in [1.165, 1.54) is 32.4 Å². The van der Waals surface area contributed by atoms with Crippen LogP contribution in [0.1, 0.15) is 31.7 Å². The van der Waals surface area contributed by atoms with Crippen LogP contribution in [0.2, 0.25) is 5.02 Å². The largest absolute Gasteiger partial charge is 0.492 e. The zero-order valence-corrected chi connectivity index (χ0v) is 13.0. The molecule has 2 rings (SSSR count). The van der Waals surface area contributed by atoms with Crippen molar-refractivity contribution in [1.82, 2.24) is 4.90 Å². The van der Waals surface area contributed by atoms with Gasteiger partial charge in [0.1, 0.15) is 12.4 Å². The van der Waals surface area contributed by atoms with Gasteiger partial charge in [-0.3, -0.25) is 4.90 Å². The first-order valence-corrected chi connectivity index (χ1v) is 7.92. The van der Waals surface area contributed by atoms with E-state index in [2.05, 4.69) is 4.90 Å². The second-order valence-corrected chi connectivity index (χ2v) is 6.12. The zero-order valence-electron chi connectivity index (χ0n) is 12.3. The number of benzene rings is 1. The molecule has 1 fully saturated rings. The molecular weight excluding hydrogens is 272 g/mol. The van der Waals surface area contributed by atoms with Crippen molar-refractivity contribution in [1.29, 1.82) is 0 Å². The van der Waals surface area contributed by atoms with Crippen molar-refractivity contribution in [3.8, 4) is 5.75 Å². The number of rotatable bonds is 6. The van der Waals surface area contributed by atoms with Gasteiger partial charge in [0.05, 0.1) is 0 Å². The zero-order chi connectivity index (χ0) is 14.4. The Kier molecular flexibility index (Phi) is 6.14. The Morgan fingerprint density at radius 3 is 2.75 bits per heavy atom. The summed E-state index contributed by atoms with van der Waals surface area (Å²) in [6.07, 6.45) is 4.79. The molecule has 0 amide bonds. The first-order valence-electron chi connectivity index (χ1n) is 7.54. The van der Waals surface area contributed by atoms with Crippen LogP contribution in [0.25, 0.3) is 0 Å². The van der Waals surface area contributed by atoms with E-state index in [9.17, 15) is 0 Å². The van der Waals surface area contributed by atoms with Gasteiger partial charge in [0, 0.05) is 17.6 Å². The van der Waals surface area contributed by atoms with Crippen LogP contribution >= 0.6 is 11.6 Å². The third kappa shape index (κ3) is 4.97. The molecule has 0 aromatic heterocycles. The first kappa shape index (κ1) is 15.6. The Hall–Kier alpha value is -0.770. The molecule has 1 heterocycles. The van der Waals surface area contributed by atoms with Gasteiger partial charge in [-0.15, -0.1) is 0 Å². The Bertz CT molecular complexity index is 417. The quantitative estimate of drug-likeness (QED) is 0.877. The number of ether oxygens (including phenoxy) is 1. The topological polar surface area (TPSA) is 38.5 Å². The lowest BCUT2D eigenvalue weighted by atomic mass is 10.1. The van der Waals surface area contributed by atoms with Gasteiger partial charge in [0.2, 0.25) is 0 Å². The fraction of sp³-hybridized carbons (Fsp3) is 0.625. The lowest BCUT2D eigenvalue weighted by Gasteiger charge is -2.26. The number of hydrogen-bond acceptors (Lipinski definition) is 3. The standard InChI is InChI=1S/C16H25ClN2O/c1-13(18)11-14-12-15(17)5-6-16(14)20-10-9-19-7-3-2-4-8-19/h5-6,12-13H,2-4,7-11,18H2,1H3. The first-order chi connectivity index (χ1) is 9.65. The Morgan fingerprint density at radius 1 is 1.30 bits per heavy atom. The van der Waals surface area contributed by atoms with Gasteiger partial charge in [-0.2, -0.15) is 0 Å². The summed E-state index contributed by atoms with van der Waals surface area (Å²) in [5, 5.41) is 0.740. The highest BCUT2D eigenvalue weighted by atomic mass is 35.5. The van der Waals surface area contributed by atoms with Crippen LogP contribution in [0.4, 0.5) is 0 Å². The lowest BCUT2D eigenvalue weighted by molar-refractivity contribution is 0.182. The summed E-state index contributed by atoms with van der Waals surface area (Å²) < 4.78 is 5.94. The molecule has 0 aliphatic carbocycles. The van der Waals surface area contributed by atoms with Crippen LogP contribution in [0, 0.1) is 0 Å². The second kappa shape index (κ2) is 7.87. The monoisotopic (exact) mass is 296 g/mol. The van der Waals surface area contributed by atoms with Crippen molar-refractivity contribution in [2.45, 2.75) is 38.6 Å². The van der Waals surface area contributed by atoms with Crippen molar-refractivity contribution in [3.63, 3.8) is 0 Å². The lowest BCUT2D eigenvalue weighted by Crippen LogP contribution is -2.33. The molecule has 3 nitrogen and oxygen atoms in total. The van der Waals surface area contributed by atoms with E-state index in [-0.39, 0.29) is 6.04 Å². The Balaban J connectivity index is 1.87. The molecule has 1 atom stereocenters. The normalized spacial score (nSPS) is 17.9. The van der Waals surface area contributed by atoms with Gasteiger partial charge in [-0.25, -0.2) is 0 Å². The van der Waals surface area contributed by atoms with E-state index in [1.54, 1.807) is 0 Å². The molecule has 20 heavy (non-hydrogen) atoms. The highest BCUT2D eigenvalue weighted by Crippen LogP contribution is 2.24. The summed E-state index contributed by atoms with van der Waals surface area (Å²) in [5.41, 5.74) is 6.99. The maximum absolute atomic E-state index is 6.05. The molecule has 0 spiro atoms. The van der Waals surface area contributed by atoms with Crippen LogP contribution in [-0.2, 0) is 6.42 Å². The number of nitrogens with zero attached hydrogens (tertiary/aromatic N) is 1. The maximum atomic E-state index is 6.05. The van der Waals surface area contributed by atoms with Crippen molar-refractivity contribution in [3.05, 3.63) is 28.8 Å². The minimum atomic E-state index is 0.109. The van der Waals surface area contributed by atoms with Gasteiger partial charge < -0.3 is 10.5 Å². The SMILES string of the molecule is CC(N)Cc1cc(Cl)ccc1OCCN1CCCCC1. The number of likely N-dealkylation sites (tertiary alicyclic amines) is 1. The van der Waals surface area contributed by atoms with E-state index in [0.29, 0.717) is 0 Å². The van der Waals surface area contributed by atoms with E-state index in [1.807, 2.05) is 25.1 Å². The van der Waals surface area contributed by atoms with E-state index >= 15 is 0 Å². The van der Waals surface area contributed by atoms with Crippen LogP contribution < -0.4 is 10.5 Å². The number of nitrogens with two attached hydrogens (primary N) is 1. The third-order valence-corrected chi connectivity index (χ3v) is 3.91. The molecular formula is C16H25ClN2O. The second-order valence-electron chi connectivity index (χ2n) is 5.68. The molecule has 112 valence electrons. The van der Waals surface area contributed by atoms with Crippen LogP contribution in [0.5, 0.6) is 5.75 Å². The smallest absolute Gasteiger partial charge is 0.122 e. The molecule has 0 bridgehead atoms. The molecule has 1 aromatic carbocycles. The fourth-order valence-electron chi connectivity index (χ4n) is 2.66. The van der Waals surface area contributed by atoms with Crippen molar-refractivity contribution < 1.29 is 4.74 Å². The summed E-state index contributed by atoms with van der Waals surface area (Å²) in [7, 11) is 0. The summed E-state index contributed by atoms with van der Waals surface area (Å²) in [6, 6.07) is 5.90. The highest BCUT2D eigenvalue weighted by Gasteiger charge is 2.11. The third-order valence-electron chi connectivity index (χ3n) is 3.68. The highest BCUT2D eigenvalue weighted by molar-refractivity contribution is 6.30. The predicted molar refractivity (Wildman–Crippen MR) is 84.6 cm³/mol. The fourth-order valence-corrected chi connectivity index (χ4v) is 2.86. The van der Waals surface area contributed by atoms with Crippen LogP contribution in [0.3, 0.4) is 0 Å². The summed E-state index contributed by atoms with van der Waals surface area (Å²) in [6.45, 7) is 6.14. The summed E-state index contributed by atoms with van der Waals surface area (Å²) >= 11 is 6.05. The Labute approximate surface area is 127 Å². The molecule has 2 N–H and O–H groups in total. The van der Waals surface area contributed by atoms with Gasteiger partial charge in [-0.1, -0.05) is 18.0 Å². The minimum Gasteiger partial charge on any atom is -0.492 e. The summed E-state index contributed by atoms with van der Waals surface area (Å²) in [5.74, 6) is 0.920. The molecule has 1 unspecified atom stereocenters. The van der Waals surface area contributed by atoms with E-state index in [0.717, 1.165) is 35.9 Å². The minimum absolute atomic E-state index is 0.109. The van der Waals surface area contributed by atoms with Gasteiger partial charge in [0.25, 0.3) is 0 Å². The van der Waals surface area contributed by atoms with Crippen molar-refractivity contribution in [2.24, 2.45) is 5.73 Å². The predicted octanol–water partition coefficient (Wildman–Crippen LogP) is 3.09. The molecule has 1 aromatic rings. The molecule has 1 saturated heterocycles. The molecule has 0 saturated carbocycles. The molecule has 4 heteroatoms.